The van der Waals surface area contributed by atoms with Gasteiger partial charge in [-0.15, -0.1) is 6.58 Å². The molecule has 1 aromatic heterocycles. The lowest BCUT2D eigenvalue weighted by atomic mass is 10.2. The summed E-state index contributed by atoms with van der Waals surface area (Å²) in [6, 6.07) is 9.09. The highest BCUT2D eigenvalue weighted by atomic mass is 16.5. The second kappa shape index (κ2) is 7.45. The van der Waals surface area contributed by atoms with Crippen LogP contribution >= 0.6 is 0 Å². The van der Waals surface area contributed by atoms with E-state index in [2.05, 4.69) is 11.9 Å². The van der Waals surface area contributed by atoms with Crippen molar-refractivity contribution in [3.05, 3.63) is 49.2 Å². The number of fused-ring (bicyclic) bond motifs is 1. The minimum Gasteiger partial charge on any atom is -0.464 e. The van der Waals surface area contributed by atoms with Crippen molar-refractivity contribution in [3.8, 4) is 0 Å². The van der Waals surface area contributed by atoms with E-state index in [9.17, 15) is 9.59 Å². The molecule has 0 spiro atoms. The average Bonchev–Trinajstić information content (AvgIpc) is 2.90. The van der Waals surface area contributed by atoms with Crippen LogP contribution in [0.25, 0.3) is 10.9 Å². The molecule has 22 heavy (non-hydrogen) atoms. The van der Waals surface area contributed by atoms with Crippen molar-refractivity contribution >= 4 is 22.8 Å². The molecule has 0 aliphatic heterocycles. The van der Waals surface area contributed by atoms with E-state index in [0.717, 1.165) is 10.9 Å². The molecule has 0 bridgehead atoms. The fourth-order valence-electron chi connectivity index (χ4n) is 2.30. The van der Waals surface area contributed by atoms with E-state index in [0.29, 0.717) is 6.42 Å². The Morgan fingerprint density at radius 2 is 2.14 bits per heavy atom. The molecule has 1 atom stereocenters. The van der Waals surface area contributed by atoms with Gasteiger partial charge < -0.3 is 14.6 Å². The molecule has 0 fully saturated rings. The summed E-state index contributed by atoms with van der Waals surface area (Å²) in [6.07, 6.45) is 3.79. The molecule has 0 radical (unpaired) electrons. The first-order valence-electron chi connectivity index (χ1n) is 7.26. The van der Waals surface area contributed by atoms with Gasteiger partial charge in [0.2, 0.25) is 5.91 Å². The number of nitrogens with zero attached hydrogens (tertiary/aromatic N) is 1. The van der Waals surface area contributed by atoms with E-state index >= 15 is 0 Å². The van der Waals surface area contributed by atoms with Crippen LogP contribution in [-0.4, -0.2) is 29.1 Å². The SMILES string of the molecule is C=CCC(NC(=O)Cn1ccc2ccccc21)C(=O)OCC. The van der Waals surface area contributed by atoms with Crippen LogP contribution in [0.4, 0.5) is 0 Å². The lowest BCUT2D eigenvalue weighted by Gasteiger charge is -2.16. The molecule has 1 unspecified atom stereocenters. The number of para-hydroxylation sites is 1. The highest BCUT2D eigenvalue weighted by Gasteiger charge is 2.20. The summed E-state index contributed by atoms with van der Waals surface area (Å²) < 4.78 is 6.80. The van der Waals surface area contributed by atoms with Crippen molar-refractivity contribution < 1.29 is 14.3 Å². The first kappa shape index (κ1) is 15.8. The fraction of sp³-hybridized carbons (Fsp3) is 0.294. The van der Waals surface area contributed by atoms with Gasteiger partial charge in [0.15, 0.2) is 0 Å². The van der Waals surface area contributed by atoms with Crippen molar-refractivity contribution in [3.63, 3.8) is 0 Å². The lowest BCUT2D eigenvalue weighted by Crippen LogP contribution is -2.42. The Bertz CT molecular complexity index is 675. The summed E-state index contributed by atoms with van der Waals surface area (Å²) in [5, 5.41) is 3.77. The Morgan fingerprint density at radius 1 is 1.36 bits per heavy atom. The third kappa shape index (κ3) is 3.75. The third-order valence-electron chi connectivity index (χ3n) is 3.30. The van der Waals surface area contributed by atoms with Crippen LogP contribution in [0.2, 0.25) is 0 Å². The van der Waals surface area contributed by atoms with Crippen LogP contribution in [0.15, 0.2) is 49.2 Å². The molecule has 0 aliphatic rings. The van der Waals surface area contributed by atoms with E-state index in [1.807, 2.05) is 41.1 Å². The van der Waals surface area contributed by atoms with Crippen LogP contribution < -0.4 is 5.32 Å². The zero-order valence-electron chi connectivity index (χ0n) is 12.6. The molecule has 0 saturated heterocycles. The fourth-order valence-corrected chi connectivity index (χ4v) is 2.30. The number of benzene rings is 1. The number of rotatable bonds is 7. The van der Waals surface area contributed by atoms with Crippen LogP contribution in [0.1, 0.15) is 13.3 Å². The van der Waals surface area contributed by atoms with Gasteiger partial charge in [-0.3, -0.25) is 4.79 Å². The standard InChI is InChI=1S/C17H20N2O3/c1-3-7-14(17(21)22-4-2)18-16(20)12-19-11-10-13-8-5-6-9-15(13)19/h3,5-6,8-11,14H,1,4,7,12H2,2H3,(H,18,20). The smallest absolute Gasteiger partial charge is 0.328 e. The first-order chi connectivity index (χ1) is 10.7. The molecule has 1 N–H and O–H groups in total. The van der Waals surface area contributed by atoms with E-state index < -0.39 is 12.0 Å². The third-order valence-corrected chi connectivity index (χ3v) is 3.30. The maximum Gasteiger partial charge on any atom is 0.328 e. The minimum atomic E-state index is -0.688. The van der Waals surface area contributed by atoms with Gasteiger partial charge in [-0.25, -0.2) is 4.79 Å². The number of esters is 1. The van der Waals surface area contributed by atoms with E-state index in [1.54, 1.807) is 13.0 Å². The number of hydrogen-bond acceptors (Lipinski definition) is 3. The number of carbonyl (C=O) groups is 2. The number of amides is 1. The molecule has 5 nitrogen and oxygen atoms in total. The van der Waals surface area contributed by atoms with Gasteiger partial charge in [0.25, 0.3) is 0 Å². The molecule has 1 heterocycles. The summed E-state index contributed by atoms with van der Waals surface area (Å²) in [5.74, 6) is -0.672. The summed E-state index contributed by atoms with van der Waals surface area (Å²) in [6.45, 7) is 5.77. The molecule has 116 valence electrons. The van der Waals surface area contributed by atoms with Gasteiger partial charge in [0.05, 0.1) is 6.61 Å². The topological polar surface area (TPSA) is 60.3 Å². The molecular weight excluding hydrogens is 280 g/mol. The minimum absolute atomic E-state index is 0.153. The maximum atomic E-state index is 12.2. The van der Waals surface area contributed by atoms with Gasteiger partial charge in [0.1, 0.15) is 12.6 Å². The number of aromatic nitrogens is 1. The van der Waals surface area contributed by atoms with Gasteiger partial charge in [-0.1, -0.05) is 24.3 Å². The van der Waals surface area contributed by atoms with Gasteiger partial charge in [-0.05, 0) is 30.9 Å². The largest absolute Gasteiger partial charge is 0.464 e. The molecule has 0 aliphatic carbocycles. The maximum absolute atomic E-state index is 12.2. The number of carbonyl (C=O) groups excluding carboxylic acids is 2. The summed E-state index contributed by atoms with van der Waals surface area (Å²) >= 11 is 0. The average molecular weight is 300 g/mol. The monoisotopic (exact) mass is 300 g/mol. The van der Waals surface area contributed by atoms with Crippen molar-refractivity contribution in [1.82, 2.24) is 9.88 Å². The van der Waals surface area contributed by atoms with Gasteiger partial charge in [0, 0.05) is 11.7 Å². The van der Waals surface area contributed by atoms with Crippen LogP contribution in [0.5, 0.6) is 0 Å². The Hall–Kier alpha value is -2.56. The Labute approximate surface area is 129 Å². The van der Waals surface area contributed by atoms with Crippen molar-refractivity contribution in [2.45, 2.75) is 25.9 Å². The zero-order valence-corrected chi connectivity index (χ0v) is 12.6. The molecule has 1 amide bonds. The quantitative estimate of drug-likeness (QED) is 0.630. The van der Waals surface area contributed by atoms with Crippen LogP contribution in [-0.2, 0) is 20.9 Å². The van der Waals surface area contributed by atoms with Crippen molar-refractivity contribution in [2.75, 3.05) is 6.61 Å². The second-order valence-corrected chi connectivity index (χ2v) is 4.90. The van der Waals surface area contributed by atoms with Gasteiger partial charge in [-0.2, -0.15) is 0 Å². The Morgan fingerprint density at radius 3 is 2.86 bits per heavy atom. The molecule has 5 heteroatoms. The predicted molar refractivity (Wildman–Crippen MR) is 85.3 cm³/mol. The molecular formula is C17H20N2O3. The number of nitrogens with one attached hydrogen (secondary N) is 1. The van der Waals surface area contributed by atoms with E-state index in [1.165, 1.54) is 0 Å². The summed E-state index contributed by atoms with van der Waals surface area (Å²) in [5.41, 5.74) is 0.981. The van der Waals surface area contributed by atoms with Gasteiger partial charge >= 0.3 is 5.97 Å². The number of ether oxygens (including phenoxy) is 1. The first-order valence-corrected chi connectivity index (χ1v) is 7.26. The van der Waals surface area contributed by atoms with Crippen molar-refractivity contribution in [2.24, 2.45) is 0 Å². The van der Waals surface area contributed by atoms with E-state index in [4.69, 9.17) is 4.74 Å². The zero-order chi connectivity index (χ0) is 15.9. The Kier molecular flexibility index (Phi) is 5.36. The number of hydrogen-bond donors (Lipinski definition) is 1. The van der Waals surface area contributed by atoms with E-state index in [-0.39, 0.29) is 19.1 Å². The van der Waals surface area contributed by atoms with Crippen molar-refractivity contribution in [1.29, 1.82) is 0 Å². The molecule has 2 aromatic rings. The van der Waals surface area contributed by atoms with Crippen LogP contribution in [0, 0.1) is 0 Å². The lowest BCUT2D eigenvalue weighted by molar-refractivity contribution is -0.147. The van der Waals surface area contributed by atoms with Crippen LogP contribution in [0.3, 0.4) is 0 Å². The second-order valence-electron chi connectivity index (χ2n) is 4.90. The highest BCUT2D eigenvalue weighted by molar-refractivity contribution is 5.86. The predicted octanol–water partition coefficient (Wildman–Crippen LogP) is 2.27. The normalized spacial score (nSPS) is 11.9. The molecule has 2 rings (SSSR count). The highest BCUT2D eigenvalue weighted by Crippen LogP contribution is 2.14. The summed E-state index contributed by atoms with van der Waals surface area (Å²) in [7, 11) is 0. The molecule has 1 aromatic carbocycles. The summed E-state index contributed by atoms with van der Waals surface area (Å²) in [4.78, 5) is 24.0. The molecule has 0 saturated carbocycles. The Balaban J connectivity index is 2.04.